The second-order valence-electron chi connectivity index (χ2n) is 4.02. The zero-order chi connectivity index (χ0) is 14.0. The van der Waals surface area contributed by atoms with E-state index in [4.69, 9.17) is 5.11 Å². The Labute approximate surface area is 107 Å². The van der Waals surface area contributed by atoms with Gasteiger partial charge in [-0.15, -0.1) is 0 Å². The van der Waals surface area contributed by atoms with Gasteiger partial charge in [0.1, 0.15) is 17.5 Å². The quantitative estimate of drug-likeness (QED) is 0.924. The topological polar surface area (TPSA) is 63.1 Å². The molecule has 1 N–H and O–H groups in total. The van der Waals surface area contributed by atoms with E-state index < -0.39 is 17.6 Å². The second-order valence-corrected chi connectivity index (χ2v) is 4.02. The molecule has 0 fully saturated rings. The number of carboxylic acids is 1. The minimum atomic E-state index is -1.03. The number of aryl methyl sites for hydroxylation is 1. The number of aromatic nitrogens is 2. The van der Waals surface area contributed by atoms with Crippen molar-refractivity contribution >= 4 is 5.97 Å². The monoisotopic (exact) mass is 264 g/mol. The van der Waals surface area contributed by atoms with E-state index in [1.165, 1.54) is 6.07 Å². The van der Waals surface area contributed by atoms with Crippen molar-refractivity contribution < 1.29 is 18.7 Å². The summed E-state index contributed by atoms with van der Waals surface area (Å²) in [6, 6.07) is 4.44. The zero-order valence-corrected chi connectivity index (χ0v) is 10.0. The minimum absolute atomic E-state index is 0.245. The Morgan fingerprint density at radius 1 is 1.16 bits per heavy atom. The molecule has 0 amide bonds. The third kappa shape index (κ3) is 3.31. The Morgan fingerprint density at radius 2 is 1.79 bits per heavy atom. The molecular weight excluding hydrogens is 254 g/mol. The van der Waals surface area contributed by atoms with E-state index in [9.17, 15) is 13.6 Å². The van der Waals surface area contributed by atoms with Gasteiger partial charge >= 0.3 is 5.97 Å². The SMILES string of the molecule is Cc1nc(CC(=O)O)cc(-c2cc(F)cc(F)c2)n1. The Balaban J connectivity index is 2.49. The minimum Gasteiger partial charge on any atom is -0.481 e. The number of carboxylic acid groups (broad SMARTS) is 1. The van der Waals surface area contributed by atoms with E-state index in [2.05, 4.69) is 9.97 Å². The van der Waals surface area contributed by atoms with E-state index in [-0.39, 0.29) is 12.0 Å². The molecule has 0 bridgehead atoms. The molecule has 0 spiro atoms. The first-order valence-corrected chi connectivity index (χ1v) is 5.47. The van der Waals surface area contributed by atoms with Gasteiger partial charge in [-0.25, -0.2) is 18.7 Å². The standard InChI is InChI=1S/C13H10F2N2O2/c1-7-16-11(6-13(18)19)5-12(17-7)8-2-9(14)4-10(15)3-8/h2-5H,6H2,1H3,(H,18,19). The van der Waals surface area contributed by atoms with Crippen molar-refractivity contribution in [1.29, 1.82) is 0 Å². The molecule has 4 nitrogen and oxygen atoms in total. The van der Waals surface area contributed by atoms with Gasteiger partial charge in [0.25, 0.3) is 0 Å². The molecule has 2 rings (SSSR count). The first-order valence-electron chi connectivity index (χ1n) is 5.47. The van der Waals surface area contributed by atoms with Crippen LogP contribution in [0.2, 0.25) is 0 Å². The molecule has 2 aromatic rings. The van der Waals surface area contributed by atoms with Crippen LogP contribution in [0, 0.1) is 18.6 Å². The highest BCUT2D eigenvalue weighted by Gasteiger charge is 2.09. The first kappa shape index (κ1) is 13.1. The Kier molecular flexibility index (Phi) is 3.50. The molecule has 6 heteroatoms. The van der Waals surface area contributed by atoms with Gasteiger partial charge < -0.3 is 5.11 Å². The summed E-state index contributed by atoms with van der Waals surface area (Å²) in [5.74, 6) is -2.12. The molecule has 19 heavy (non-hydrogen) atoms. The summed E-state index contributed by atoms with van der Waals surface area (Å²) < 4.78 is 26.3. The summed E-state index contributed by atoms with van der Waals surface area (Å²) in [5, 5.41) is 8.73. The second kappa shape index (κ2) is 5.09. The van der Waals surface area contributed by atoms with Crippen molar-refractivity contribution in [2.75, 3.05) is 0 Å². The number of carbonyl (C=O) groups is 1. The fourth-order valence-electron chi connectivity index (χ4n) is 1.72. The highest BCUT2D eigenvalue weighted by atomic mass is 19.1. The molecule has 0 unspecified atom stereocenters. The molecule has 98 valence electrons. The molecular formula is C13H10F2N2O2. The summed E-state index contributed by atoms with van der Waals surface area (Å²) in [5.41, 5.74) is 0.830. The molecule has 1 aromatic heterocycles. The van der Waals surface area contributed by atoms with Crippen LogP contribution in [0.1, 0.15) is 11.5 Å². The van der Waals surface area contributed by atoms with Gasteiger partial charge in [0.15, 0.2) is 0 Å². The molecule has 0 saturated carbocycles. The Hall–Kier alpha value is -2.37. The number of aliphatic carboxylic acids is 1. The highest BCUT2D eigenvalue weighted by Crippen LogP contribution is 2.20. The number of rotatable bonds is 3. The lowest BCUT2D eigenvalue weighted by Gasteiger charge is -2.05. The lowest BCUT2D eigenvalue weighted by molar-refractivity contribution is -0.136. The number of hydrogen-bond acceptors (Lipinski definition) is 3. The van der Waals surface area contributed by atoms with Gasteiger partial charge in [-0.1, -0.05) is 0 Å². The number of benzene rings is 1. The van der Waals surface area contributed by atoms with Gasteiger partial charge in [0, 0.05) is 11.6 Å². The van der Waals surface area contributed by atoms with Crippen molar-refractivity contribution in [1.82, 2.24) is 9.97 Å². The normalized spacial score (nSPS) is 10.5. The fourth-order valence-corrected chi connectivity index (χ4v) is 1.72. The summed E-state index contributed by atoms with van der Waals surface area (Å²) in [4.78, 5) is 18.7. The predicted octanol–water partition coefficient (Wildman–Crippen LogP) is 2.36. The zero-order valence-electron chi connectivity index (χ0n) is 10.0. The summed E-state index contributed by atoms with van der Waals surface area (Å²) in [7, 11) is 0. The third-order valence-corrected chi connectivity index (χ3v) is 2.38. The molecule has 0 aliphatic heterocycles. The predicted molar refractivity (Wildman–Crippen MR) is 63.5 cm³/mol. The van der Waals surface area contributed by atoms with Gasteiger partial charge in [-0.3, -0.25) is 4.79 Å². The van der Waals surface area contributed by atoms with E-state index in [1.54, 1.807) is 6.92 Å². The van der Waals surface area contributed by atoms with Gasteiger partial charge in [-0.05, 0) is 25.1 Å². The van der Waals surface area contributed by atoms with Crippen LogP contribution in [-0.2, 0) is 11.2 Å². The molecule has 0 aliphatic carbocycles. The van der Waals surface area contributed by atoms with Crippen LogP contribution in [0.5, 0.6) is 0 Å². The first-order chi connectivity index (χ1) is 8.94. The highest BCUT2D eigenvalue weighted by molar-refractivity contribution is 5.70. The summed E-state index contributed by atoms with van der Waals surface area (Å²) in [6.45, 7) is 1.59. The maximum absolute atomic E-state index is 13.1. The molecule has 1 aromatic carbocycles. The van der Waals surface area contributed by atoms with Crippen molar-refractivity contribution in [2.24, 2.45) is 0 Å². The van der Waals surface area contributed by atoms with Crippen LogP contribution in [0.3, 0.4) is 0 Å². The van der Waals surface area contributed by atoms with E-state index in [0.717, 1.165) is 18.2 Å². The Bertz CT molecular complexity index is 624. The number of nitrogens with zero attached hydrogens (tertiary/aromatic N) is 2. The van der Waals surface area contributed by atoms with Gasteiger partial charge in [-0.2, -0.15) is 0 Å². The summed E-state index contributed by atoms with van der Waals surface area (Å²) >= 11 is 0. The average Bonchev–Trinajstić information content (AvgIpc) is 2.25. The van der Waals surface area contributed by atoms with Crippen LogP contribution in [0.15, 0.2) is 24.3 Å². The number of halogens is 2. The maximum atomic E-state index is 13.1. The van der Waals surface area contributed by atoms with Crippen LogP contribution in [0.25, 0.3) is 11.3 Å². The van der Waals surface area contributed by atoms with E-state index in [0.29, 0.717) is 17.2 Å². The molecule has 0 saturated heterocycles. The van der Waals surface area contributed by atoms with E-state index >= 15 is 0 Å². The van der Waals surface area contributed by atoms with Crippen LogP contribution < -0.4 is 0 Å². The van der Waals surface area contributed by atoms with Crippen molar-refractivity contribution in [2.45, 2.75) is 13.3 Å². The summed E-state index contributed by atoms with van der Waals surface area (Å²) in [6.07, 6.45) is -0.270. The Morgan fingerprint density at radius 3 is 2.37 bits per heavy atom. The average molecular weight is 264 g/mol. The number of hydrogen-bond donors (Lipinski definition) is 1. The smallest absolute Gasteiger partial charge is 0.309 e. The molecule has 1 heterocycles. The maximum Gasteiger partial charge on any atom is 0.309 e. The lowest BCUT2D eigenvalue weighted by Crippen LogP contribution is -2.05. The van der Waals surface area contributed by atoms with Gasteiger partial charge in [0.05, 0.1) is 17.8 Å². The lowest BCUT2D eigenvalue weighted by atomic mass is 10.1. The van der Waals surface area contributed by atoms with Crippen molar-refractivity contribution in [3.8, 4) is 11.3 Å². The largest absolute Gasteiger partial charge is 0.481 e. The van der Waals surface area contributed by atoms with Crippen molar-refractivity contribution in [3.63, 3.8) is 0 Å². The fraction of sp³-hybridized carbons (Fsp3) is 0.154. The van der Waals surface area contributed by atoms with Crippen LogP contribution >= 0.6 is 0 Å². The molecule has 0 atom stereocenters. The third-order valence-electron chi connectivity index (χ3n) is 2.38. The van der Waals surface area contributed by atoms with E-state index in [1.807, 2.05) is 0 Å². The van der Waals surface area contributed by atoms with Gasteiger partial charge in [0.2, 0.25) is 0 Å². The van der Waals surface area contributed by atoms with Crippen molar-refractivity contribution in [3.05, 3.63) is 47.4 Å². The van der Waals surface area contributed by atoms with Crippen LogP contribution in [0.4, 0.5) is 8.78 Å². The molecule has 0 aliphatic rings. The van der Waals surface area contributed by atoms with Crippen LogP contribution in [-0.4, -0.2) is 21.0 Å². The molecule has 0 radical (unpaired) electrons.